The molecule has 1 aliphatic carbocycles. The third-order valence-electron chi connectivity index (χ3n) is 4.33. The van der Waals surface area contributed by atoms with E-state index in [0.29, 0.717) is 22.2 Å². The Bertz CT molecular complexity index is 852. The van der Waals surface area contributed by atoms with Gasteiger partial charge in [0.1, 0.15) is 5.00 Å². The van der Waals surface area contributed by atoms with Crippen molar-refractivity contribution in [3.05, 3.63) is 39.5 Å². The van der Waals surface area contributed by atoms with E-state index in [1.807, 2.05) is 0 Å². The average Bonchev–Trinajstić information content (AvgIpc) is 2.98. The summed E-state index contributed by atoms with van der Waals surface area (Å²) in [4.78, 5) is 29.9. The molecular weight excluding hydrogens is 388 g/mol. The van der Waals surface area contributed by atoms with E-state index in [2.05, 4.69) is 17.2 Å². The van der Waals surface area contributed by atoms with Gasteiger partial charge in [0.25, 0.3) is 5.91 Å². The molecule has 0 aromatic carbocycles. The number of thiophene rings is 1. The van der Waals surface area contributed by atoms with Crippen LogP contribution in [0.5, 0.6) is 5.75 Å². The summed E-state index contributed by atoms with van der Waals surface area (Å²) in [5.41, 5.74) is 1.49. The lowest BCUT2D eigenvalue weighted by Crippen LogP contribution is -2.21. The van der Waals surface area contributed by atoms with Crippen molar-refractivity contribution in [1.29, 1.82) is 0 Å². The summed E-state index contributed by atoms with van der Waals surface area (Å²) in [5, 5.41) is 3.52. The number of carbonyl (C=O) groups excluding carboxylic acids is 2. The zero-order valence-electron chi connectivity index (χ0n) is 15.2. The van der Waals surface area contributed by atoms with Gasteiger partial charge in [-0.3, -0.25) is 4.79 Å². The van der Waals surface area contributed by atoms with Crippen molar-refractivity contribution in [2.75, 3.05) is 18.5 Å². The van der Waals surface area contributed by atoms with Crippen LogP contribution in [0.1, 0.15) is 41.1 Å². The topological polar surface area (TPSA) is 77.5 Å². The number of rotatable bonds is 6. The van der Waals surface area contributed by atoms with E-state index in [0.717, 1.165) is 29.7 Å². The molecule has 1 N–H and O–H groups in total. The van der Waals surface area contributed by atoms with Gasteiger partial charge in [0, 0.05) is 11.1 Å². The Kier molecular flexibility index (Phi) is 6.34. The van der Waals surface area contributed by atoms with E-state index in [4.69, 9.17) is 21.1 Å². The number of nitrogens with zero attached hydrogens (tertiary/aromatic N) is 1. The molecule has 1 unspecified atom stereocenters. The molecule has 1 amide bonds. The van der Waals surface area contributed by atoms with Crippen LogP contribution in [-0.2, 0) is 22.4 Å². The van der Waals surface area contributed by atoms with E-state index < -0.39 is 5.97 Å². The summed E-state index contributed by atoms with van der Waals surface area (Å²) < 4.78 is 10.6. The number of esters is 1. The molecule has 8 heteroatoms. The molecule has 2 heterocycles. The highest BCUT2D eigenvalue weighted by Gasteiger charge is 2.29. The summed E-state index contributed by atoms with van der Waals surface area (Å²) >= 11 is 7.37. The predicted molar refractivity (Wildman–Crippen MR) is 105 cm³/mol. The number of ether oxygens (including phenoxy) is 2. The number of hydrogen-bond acceptors (Lipinski definition) is 6. The van der Waals surface area contributed by atoms with Crippen molar-refractivity contribution in [3.8, 4) is 5.75 Å². The zero-order valence-corrected chi connectivity index (χ0v) is 16.8. The summed E-state index contributed by atoms with van der Waals surface area (Å²) in [6.45, 7) is 4.02. The summed E-state index contributed by atoms with van der Waals surface area (Å²) in [5.74, 6) is 0.133. The Labute approximate surface area is 166 Å². The van der Waals surface area contributed by atoms with Gasteiger partial charge < -0.3 is 14.8 Å². The van der Waals surface area contributed by atoms with Crippen molar-refractivity contribution in [2.24, 2.45) is 5.92 Å². The van der Waals surface area contributed by atoms with Gasteiger partial charge in [-0.1, -0.05) is 18.5 Å². The van der Waals surface area contributed by atoms with Crippen LogP contribution in [0.4, 0.5) is 5.00 Å². The molecule has 3 rings (SSSR count). The number of pyridine rings is 1. The first-order valence-corrected chi connectivity index (χ1v) is 10.0. The summed E-state index contributed by atoms with van der Waals surface area (Å²) in [7, 11) is 0. The van der Waals surface area contributed by atoms with Gasteiger partial charge in [0.2, 0.25) is 0 Å². The lowest BCUT2D eigenvalue weighted by atomic mass is 9.88. The Morgan fingerprint density at radius 1 is 1.44 bits per heavy atom. The first-order chi connectivity index (χ1) is 13.0. The quantitative estimate of drug-likeness (QED) is 0.574. The van der Waals surface area contributed by atoms with E-state index in [-0.39, 0.29) is 24.3 Å². The highest BCUT2D eigenvalue weighted by atomic mass is 35.5. The minimum atomic E-state index is -0.393. The van der Waals surface area contributed by atoms with Crippen molar-refractivity contribution < 1.29 is 19.1 Å². The van der Waals surface area contributed by atoms with Crippen LogP contribution in [0.3, 0.4) is 0 Å². The van der Waals surface area contributed by atoms with Crippen molar-refractivity contribution in [1.82, 2.24) is 4.98 Å². The second kappa shape index (κ2) is 8.71. The molecule has 0 radical (unpaired) electrons. The number of fused-ring (bicyclic) bond motifs is 1. The number of hydrogen-bond donors (Lipinski definition) is 1. The lowest BCUT2D eigenvalue weighted by molar-refractivity contribution is -0.118. The van der Waals surface area contributed by atoms with Gasteiger partial charge in [-0.05, 0) is 49.8 Å². The largest absolute Gasteiger partial charge is 0.481 e. The van der Waals surface area contributed by atoms with E-state index in [1.165, 1.54) is 17.5 Å². The minimum Gasteiger partial charge on any atom is -0.481 e. The van der Waals surface area contributed by atoms with Crippen LogP contribution < -0.4 is 10.1 Å². The van der Waals surface area contributed by atoms with E-state index in [9.17, 15) is 9.59 Å². The maximum Gasteiger partial charge on any atom is 0.341 e. The molecule has 144 valence electrons. The Balaban J connectivity index is 1.76. The van der Waals surface area contributed by atoms with Crippen LogP contribution in [0.15, 0.2) is 18.3 Å². The van der Waals surface area contributed by atoms with Crippen molar-refractivity contribution >= 4 is 39.8 Å². The molecule has 27 heavy (non-hydrogen) atoms. The Hall–Kier alpha value is -2.12. The monoisotopic (exact) mass is 408 g/mol. The molecular formula is C19H21ClN2O4S. The van der Waals surface area contributed by atoms with Crippen LogP contribution in [0.2, 0.25) is 5.15 Å². The molecule has 6 nitrogen and oxygen atoms in total. The standard InChI is InChI=1S/C19H21ClN2O4S/c1-3-25-19(24)16-12-7-6-11(2)9-14(12)27-18(16)22-15(23)10-26-13-5-4-8-21-17(13)20/h4-5,8,11H,3,6-7,9-10H2,1-2H3,(H,22,23). The van der Waals surface area contributed by atoms with Gasteiger partial charge >= 0.3 is 5.97 Å². The maximum absolute atomic E-state index is 12.5. The highest BCUT2D eigenvalue weighted by Crippen LogP contribution is 2.40. The van der Waals surface area contributed by atoms with Crippen LogP contribution in [0, 0.1) is 5.92 Å². The van der Waals surface area contributed by atoms with Gasteiger partial charge in [0.05, 0.1) is 12.2 Å². The molecule has 1 atom stereocenters. The van der Waals surface area contributed by atoms with Crippen LogP contribution in [-0.4, -0.2) is 30.1 Å². The van der Waals surface area contributed by atoms with E-state index in [1.54, 1.807) is 19.1 Å². The molecule has 0 fully saturated rings. The first-order valence-electron chi connectivity index (χ1n) is 8.84. The van der Waals surface area contributed by atoms with Gasteiger partial charge in [0.15, 0.2) is 17.5 Å². The predicted octanol–water partition coefficient (Wildman–Crippen LogP) is 4.12. The Morgan fingerprint density at radius 2 is 2.26 bits per heavy atom. The molecule has 0 saturated heterocycles. The number of aromatic nitrogens is 1. The third kappa shape index (κ3) is 4.59. The lowest BCUT2D eigenvalue weighted by Gasteiger charge is -2.18. The van der Waals surface area contributed by atoms with Crippen molar-refractivity contribution in [3.63, 3.8) is 0 Å². The van der Waals surface area contributed by atoms with Gasteiger partial charge in [-0.15, -0.1) is 11.3 Å². The smallest absolute Gasteiger partial charge is 0.341 e. The SMILES string of the molecule is CCOC(=O)c1c(NC(=O)COc2cccnc2Cl)sc2c1CCC(C)C2. The minimum absolute atomic E-state index is 0.193. The third-order valence-corrected chi connectivity index (χ3v) is 5.78. The fourth-order valence-corrected chi connectivity index (χ4v) is 4.63. The molecule has 0 bridgehead atoms. The van der Waals surface area contributed by atoms with E-state index >= 15 is 0 Å². The molecule has 0 saturated carbocycles. The number of amides is 1. The number of nitrogens with one attached hydrogen (secondary N) is 1. The second-order valence-electron chi connectivity index (χ2n) is 6.41. The molecule has 1 aliphatic rings. The Morgan fingerprint density at radius 3 is 3.00 bits per heavy atom. The normalized spacial score (nSPS) is 15.7. The summed E-state index contributed by atoms with van der Waals surface area (Å²) in [6, 6.07) is 3.31. The number of carbonyl (C=O) groups is 2. The van der Waals surface area contributed by atoms with Crippen LogP contribution in [0.25, 0.3) is 0 Å². The fourth-order valence-electron chi connectivity index (χ4n) is 3.04. The molecule has 0 aliphatic heterocycles. The number of halogens is 1. The summed E-state index contributed by atoms with van der Waals surface area (Å²) in [6.07, 6.45) is 4.28. The van der Waals surface area contributed by atoms with Crippen LogP contribution >= 0.6 is 22.9 Å². The second-order valence-corrected chi connectivity index (χ2v) is 7.87. The molecule has 0 spiro atoms. The van der Waals surface area contributed by atoms with Gasteiger partial charge in [-0.25, -0.2) is 9.78 Å². The first kappa shape index (κ1) is 19.6. The molecule has 2 aromatic rings. The molecule has 2 aromatic heterocycles. The highest BCUT2D eigenvalue weighted by molar-refractivity contribution is 7.17. The average molecular weight is 409 g/mol. The maximum atomic E-state index is 12.5. The van der Waals surface area contributed by atoms with Crippen molar-refractivity contribution in [2.45, 2.75) is 33.1 Å². The fraction of sp³-hybridized carbons (Fsp3) is 0.421. The zero-order chi connectivity index (χ0) is 19.4. The van der Waals surface area contributed by atoms with Gasteiger partial charge in [-0.2, -0.15) is 0 Å². The number of anilines is 1.